The molecule has 0 bridgehead atoms. The van der Waals surface area contributed by atoms with Crippen molar-refractivity contribution in [3.8, 4) is 0 Å². The fraction of sp³-hybridized carbons (Fsp3) is 0.818. The highest BCUT2D eigenvalue weighted by Gasteiger charge is 2.17. The van der Waals surface area contributed by atoms with Crippen LogP contribution in [0.5, 0.6) is 0 Å². The highest BCUT2D eigenvalue weighted by molar-refractivity contribution is 4.90. The van der Waals surface area contributed by atoms with E-state index in [2.05, 4.69) is 15.5 Å². The number of nitrogens with zero attached hydrogens (tertiary/aromatic N) is 2. The number of piperidine rings is 1. The molecular formula is C11H20N4O. The van der Waals surface area contributed by atoms with Crippen LogP contribution in [0.1, 0.15) is 31.5 Å². The molecule has 2 atom stereocenters. The topological polar surface area (TPSA) is 77.0 Å². The van der Waals surface area contributed by atoms with Crippen molar-refractivity contribution < 1.29 is 4.52 Å². The molecular weight excluding hydrogens is 204 g/mol. The molecule has 1 aromatic rings. The van der Waals surface area contributed by atoms with Crippen LogP contribution in [0.2, 0.25) is 0 Å². The summed E-state index contributed by atoms with van der Waals surface area (Å²) in [6.07, 6.45) is 4.06. The van der Waals surface area contributed by atoms with Crippen LogP contribution in [-0.2, 0) is 12.8 Å². The van der Waals surface area contributed by atoms with Crippen molar-refractivity contribution in [3.05, 3.63) is 11.7 Å². The van der Waals surface area contributed by atoms with Gasteiger partial charge >= 0.3 is 0 Å². The molecule has 0 amide bonds. The standard InChI is InChI=1S/C11H20N4O/c1-8(12)5-10-14-11(16-15-10)6-9-3-2-4-13-7-9/h8-9,13H,2-7,12H2,1H3. The summed E-state index contributed by atoms with van der Waals surface area (Å²) in [5.41, 5.74) is 5.69. The molecule has 3 N–H and O–H groups in total. The van der Waals surface area contributed by atoms with E-state index >= 15 is 0 Å². The Bertz CT molecular complexity index is 318. The molecule has 5 nitrogen and oxygen atoms in total. The second-order valence-corrected chi connectivity index (χ2v) is 4.70. The molecule has 2 unspecified atom stereocenters. The zero-order valence-corrected chi connectivity index (χ0v) is 9.78. The predicted molar refractivity (Wildman–Crippen MR) is 60.9 cm³/mol. The summed E-state index contributed by atoms with van der Waals surface area (Å²) in [7, 11) is 0. The van der Waals surface area contributed by atoms with Gasteiger partial charge in [0.25, 0.3) is 0 Å². The number of rotatable bonds is 4. The van der Waals surface area contributed by atoms with Crippen molar-refractivity contribution in [1.29, 1.82) is 0 Å². The van der Waals surface area contributed by atoms with Gasteiger partial charge in [0, 0.05) is 18.9 Å². The smallest absolute Gasteiger partial charge is 0.226 e. The summed E-state index contributed by atoms with van der Waals surface area (Å²) in [6, 6.07) is 0.0850. The van der Waals surface area contributed by atoms with Gasteiger partial charge in [-0.2, -0.15) is 4.98 Å². The molecule has 1 saturated heterocycles. The Balaban J connectivity index is 1.86. The van der Waals surface area contributed by atoms with Gasteiger partial charge in [0.2, 0.25) is 5.89 Å². The molecule has 0 saturated carbocycles. The lowest BCUT2D eigenvalue weighted by molar-refractivity contribution is 0.314. The van der Waals surface area contributed by atoms with Gasteiger partial charge in [0.15, 0.2) is 5.82 Å². The van der Waals surface area contributed by atoms with Crippen LogP contribution < -0.4 is 11.1 Å². The van der Waals surface area contributed by atoms with E-state index in [-0.39, 0.29) is 6.04 Å². The molecule has 2 heterocycles. The van der Waals surface area contributed by atoms with E-state index in [1.165, 1.54) is 12.8 Å². The quantitative estimate of drug-likeness (QED) is 0.779. The summed E-state index contributed by atoms with van der Waals surface area (Å²) in [6.45, 7) is 4.14. The third-order valence-electron chi connectivity index (χ3n) is 2.88. The fourth-order valence-corrected chi connectivity index (χ4v) is 2.09. The predicted octanol–water partition coefficient (Wildman–Crippen LogP) is 0.501. The Morgan fingerprint density at radius 3 is 3.19 bits per heavy atom. The Labute approximate surface area is 95.8 Å². The zero-order chi connectivity index (χ0) is 11.4. The number of hydrogen-bond donors (Lipinski definition) is 2. The minimum Gasteiger partial charge on any atom is -0.339 e. The van der Waals surface area contributed by atoms with Gasteiger partial charge in [-0.05, 0) is 38.8 Å². The lowest BCUT2D eigenvalue weighted by Crippen LogP contribution is -2.30. The molecule has 2 rings (SSSR count). The van der Waals surface area contributed by atoms with Crippen molar-refractivity contribution in [2.45, 2.75) is 38.6 Å². The van der Waals surface area contributed by atoms with Gasteiger partial charge in [-0.3, -0.25) is 0 Å². The molecule has 1 aliphatic heterocycles. The van der Waals surface area contributed by atoms with Gasteiger partial charge in [-0.25, -0.2) is 0 Å². The first-order chi connectivity index (χ1) is 7.74. The van der Waals surface area contributed by atoms with Gasteiger partial charge in [0.1, 0.15) is 0 Å². The van der Waals surface area contributed by atoms with Crippen LogP contribution in [0.4, 0.5) is 0 Å². The average molecular weight is 224 g/mol. The Hall–Kier alpha value is -0.940. The molecule has 0 radical (unpaired) electrons. The molecule has 1 fully saturated rings. The maximum atomic E-state index is 5.69. The lowest BCUT2D eigenvalue weighted by Gasteiger charge is -2.20. The summed E-state index contributed by atoms with van der Waals surface area (Å²) >= 11 is 0. The second kappa shape index (κ2) is 5.41. The minimum atomic E-state index is 0.0850. The first-order valence-electron chi connectivity index (χ1n) is 6.02. The van der Waals surface area contributed by atoms with Gasteiger partial charge in [0.05, 0.1) is 0 Å². The molecule has 5 heteroatoms. The maximum Gasteiger partial charge on any atom is 0.226 e. The van der Waals surface area contributed by atoms with Gasteiger partial charge in [-0.15, -0.1) is 0 Å². The van der Waals surface area contributed by atoms with Crippen molar-refractivity contribution in [1.82, 2.24) is 15.5 Å². The number of hydrogen-bond acceptors (Lipinski definition) is 5. The molecule has 1 aliphatic rings. The Morgan fingerprint density at radius 1 is 1.62 bits per heavy atom. The average Bonchev–Trinajstić information content (AvgIpc) is 2.66. The van der Waals surface area contributed by atoms with E-state index in [0.29, 0.717) is 12.3 Å². The zero-order valence-electron chi connectivity index (χ0n) is 9.78. The third kappa shape index (κ3) is 3.28. The number of nitrogens with one attached hydrogen (secondary N) is 1. The highest BCUT2D eigenvalue weighted by Crippen LogP contribution is 2.15. The fourth-order valence-electron chi connectivity index (χ4n) is 2.09. The van der Waals surface area contributed by atoms with E-state index in [1.807, 2.05) is 6.92 Å². The highest BCUT2D eigenvalue weighted by atomic mass is 16.5. The van der Waals surface area contributed by atoms with Crippen molar-refractivity contribution in [2.75, 3.05) is 13.1 Å². The van der Waals surface area contributed by atoms with E-state index < -0.39 is 0 Å². The van der Waals surface area contributed by atoms with E-state index in [9.17, 15) is 0 Å². The van der Waals surface area contributed by atoms with Crippen LogP contribution >= 0.6 is 0 Å². The summed E-state index contributed by atoms with van der Waals surface area (Å²) < 4.78 is 5.22. The first-order valence-corrected chi connectivity index (χ1v) is 6.02. The number of nitrogens with two attached hydrogens (primary N) is 1. The Kier molecular flexibility index (Phi) is 3.90. The van der Waals surface area contributed by atoms with Crippen LogP contribution in [0, 0.1) is 5.92 Å². The molecule has 90 valence electrons. The van der Waals surface area contributed by atoms with Crippen LogP contribution in [0.15, 0.2) is 4.52 Å². The van der Waals surface area contributed by atoms with E-state index in [1.54, 1.807) is 0 Å². The van der Waals surface area contributed by atoms with Crippen molar-refractivity contribution in [3.63, 3.8) is 0 Å². The van der Waals surface area contributed by atoms with Crippen molar-refractivity contribution >= 4 is 0 Å². The molecule has 0 aromatic carbocycles. The van der Waals surface area contributed by atoms with E-state index in [0.717, 1.165) is 31.2 Å². The molecule has 16 heavy (non-hydrogen) atoms. The molecule has 0 aliphatic carbocycles. The lowest BCUT2D eigenvalue weighted by atomic mass is 9.96. The van der Waals surface area contributed by atoms with Crippen LogP contribution in [0.3, 0.4) is 0 Å². The molecule has 0 spiro atoms. The van der Waals surface area contributed by atoms with E-state index in [4.69, 9.17) is 10.3 Å². The Morgan fingerprint density at radius 2 is 2.50 bits per heavy atom. The van der Waals surface area contributed by atoms with Gasteiger partial charge in [-0.1, -0.05) is 5.16 Å². The maximum absolute atomic E-state index is 5.69. The largest absolute Gasteiger partial charge is 0.339 e. The van der Waals surface area contributed by atoms with Crippen molar-refractivity contribution in [2.24, 2.45) is 11.7 Å². The number of aromatic nitrogens is 2. The normalized spacial score (nSPS) is 23.2. The van der Waals surface area contributed by atoms with Crippen LogP contribution in [-0.4, -0.2) is 29.3 Å². The SMILES string of the molecule is CC(N)Cc1noc(CC2CCCNC2)n1. The summed E-state index contributed by atoms with van der Waals surface area (Å²) in [5, 5.41) is 7.32. The first kappa shape index (κ1) is 11.5. The van der Waals surface area contributed by atoms with Crippen LogP contribution in [0.25, 0.3) is 0 Å². The monoisotopic (exact) mass is 224 g/mol. The molecule has 1 aromatic heterocycles. The minimum absolute atomic E-state index is 0.0850. The third-order valence-corrected chi connectivity index (χ3v) is 2.88. The second-order valence-electron chi connectivity index (χ2n) is 4.70. The van der Waals surface area contributed by atoms with Gasteiger partial charge < -0.3 is 15.6 Å². The summed E-state index contributed by atoms with van der Waals surface area (Å²) in [4.78, 5) is 4.36. The summed E-state index contributed by atoms with van der Waals surface area (Å²) in [5.74, 6) is 2.12.